The molecule has 0 aliphatic carbocycles. The zero-order valence-electron chi connectivity index (χ0n) is 15.2. The van der Waals surface area contributed by atoms with Gasteiger partial charge in [-0.1, -0.05) is 50.2 Å². The lowest BCUT2D eigenvalue weighted by Crippen LogP contribution is -2.12. The lowest BCUT2D eigenvalue weighted by molar-refractivity contribution is 0.629. The van der Waals surface area contributed by atoms with Crippen molar-refractivity contribution in [2.45, 2.75) is 26.7 Å². The predicted octanol–water partition coefficient (Wildman–Crippen LogP) is 5.28. The Bertz CT molecular complexity index is 965. The number of thiazole rings is 1. The summed E-state index contributed by atoms with van der Waals surface area (Å²) in [6, 6.07) is 15.0. The van der Waals surface area contributed by atoms with E-state index in [2.05, 4.69) is 36.1 Å². The molecule has 0 aliphatic rings. The normalized spacial score (nSPS) is 12.4. The Morgan fingerprint density at radius 2 is 1.85 bits per heavy atom. The second kappa shape index (κ2) is 8.23. The summed E-state index contributed by atoms with van der Waals surface area (Å²) < 4.78 is 16.0. The highest BCUT2D eigenvalue weighted by Crippen LogP contribution is 2.23. The Labute approximate surface area is 157 Å². The van der Waals surface area contributed by atoms with E-state index in [-0.39, 0.29) is 5.82 Å². The quantitative estimate of drug-likeness (QED) is 0.549. The van der Waals surface area contributed by atoms with Crippen LogP contribution in [0.2, 0.25) is 0 Å². The molecule has 0 saturated heterocycles. The average molecular weight is 367 g/mol. The van der Waals surface area contributed by atoms with Gasteiger partial charge in [0.05, 0.1) is 11.9 Å². The van der Waals surface area contributed by atoms with Gasteiger partial charge >= 0.3 is 0 Å². The lowest BCUT2D eigenvalue weighted by atomic mass is 10.0. The van der Waals surface area contributed by atoms with Crippen LogP contribution in [0, 0.1) is 5.82 Å². The Kier molecular flexibility index (Phi) is 5.78. The van der Waals surface area contributed by atoms with E-state index in [4.69, 9.17) is 0 Å². The molecule has 0 amide bonds. The highest BCUT2D eigenvalue weighted by molar-refractivity contribution is 7.07. The number of hydrogen-bond donors (Lipinski definition) is 0. The summed E-state index contributed by atoms with van der Waals surface area (Å²) in [4.78, 5) is 5.23. The first-order valence-electron chi connectivity index (χ1n) is 8.70. The van der Waals surface area contributed by atoms with E-state index < -0.39 is 0 Å². The zero-order valence-corrected chi connectivity index (χ0v) is 16.0. The highest BCUT2D eigenvalue weighted by Gasteiger charge is 2.11. The minimum absolute atomic E-state index is 0.265. The van der Waals surface area contributed by atoms with Gasteiger partial charge in [0.1, 0.15) is 5.82 Å². The van der Waals surface area contributed by atoms with Crippen LogP contribution >= 0.6 is 11.3 Å². The first-order chi connectivity index (χ1) is 12.6. The topological polar surface area (TPSA) is 29.6 Å². The molecule has 2 aromatic carbocycles. The van der Waals surface area contributed by atoms with Crippen LogP contribution in [0.4, 0.5) is 4.39 Å². The van der Waals surface area contributed by atoms with Crippen molar-refractivity contribution >= 4 is 17.6 Å². The largest absolute Gasteiger partial charge is 0.258 e. The van der Waals surface area contributed by atoms with Gasteiger partial charge < -0.3 is 0 Å². The molecule has 1 heterocycles. The van der Waals surface area contributed by atoms with Crippen LogP contribution < -0.4 is 4.80 Å². The molecule has 3 nitrogen and oxygen atoms in total. The van der Waals surface area contributed by atoms with Crippen molar-refractivity contribution in [3.05, 3.63) is 75.7 Å². The fourth-order valence-electron chi connectivity index (χ4n) is 2.60. The molecule has 0 spiro atoms. The predicted molar refractivity (Wildman–Crippen MR) is 107 cm³/mol. The molecule has 3 rings (SSSR count). The molecule has 3 aromatic rings. The van der Waals surface area contributed by atoms with Crippen LogP contribution in [0.15, 0.2) is 64.0 Å². The highest BCUT2D eigenvalue weighted by atomic mass is 32.1. The Hall–Kier alpha value is -2.53. The molecular formula is C21H22FN3S. The summed E-state index contributed by atoms with van der Waals surface area (Å²) in [5, 5.41) is 6.48. The van der Waals surface area contributed by atoms with E-state index in [9.17, 15) is 4.39 Å². The lowest BCUT2D eigenvalue weighted by Gasteiger charge is -2.06. The second-order valence-corrected chi connectivity index (χ2v) is 7.07. The third-order valence-corrected chi connectivity index (χ3v) is 4.91. The van der Waals surface area contributed by atoms with Gasteiger partial charge in [0.2, 0.25) is 4.80 Å². The van der Waals surface area contributed by atoms with Gasteiger partial charge in [-0.2, -0.15) is 5.10 Å². The first kappa shape index (κ1) is 18.3. The zero-order chi connectivity index (χ0) is 18.5. The SMILES string of the molecule is CCN=c1scc(-c2ccccc2F)n1N=Cc1ccc(C(C)C)cc1. The van der Waals surface area contributed by atoms with Crippen LogP contribution in [-0.2, 0) is 0 Å². The molecule has 0 saturated carbocycles. The molecule has 0 N–H and O–H groups in total. The van der Waals surface area contributed by atoms with Gasteiger partial charge in [-0.25, -0.2) is 9.07 Å². The molecule has 0 atom stereocenters. The fraction of sp³-hybridized carbons (Fsp3) is 0.238. The Morgan fingerprint density at radius 3 is 2.50 bits per heavy atom. The fourth-order valence-corrected chi connectivity index (χ4v) is 3.49. The summed E-state index contributed by atoms with van der Waals surface area (Å²) in [6.07, 6.45) is 1.79. The van der Waals surface area contributed by atoms with Crippen molar-refractivity contribution in [2.24, 2.45) is 10.1 Å². The summed E-state index contributed by atoms with van der Waals surface area (Å²) in [6.45, 7) is 6.96. The molecule has 0 radical (unpaired) electrons. The summed E-state index contributed by atoms with van der Waals surface area (Å²) in [5.41, 5.74) is 3.51. The van der Waals surface area contributed by atoms with E-state index in [0.717, 1.165) is 10.4 Å². The Morgan fingerprint density at radius 1 is 1.12 bits per heavy atom. The maximum absolute atomic E-state index is 14.2. The Balaban J connectivity index is 2.02. The van der Waals surface area contributed by atoms with Crippen molar-refractivity contribution in [1.29, 1.82) is 0 Å². The van der Waals surface area contributed by atoms with Crippen LogP contribution in [0.1, 0.15) is 37.8 Å². The minimum atomic E-state index is -0.265. The van der Waals surface area contributed by atoms with Crippen molar-refractivity contribution in [2.75, 3.05) is 6.54 Å². The van der Waals surface area contributed by atoms with E-state index in [1.165, 1.54) is 23.0 Å². The maximum Gasteiger partial charge on any atom is 0.206 e. The van der Waals surface area contributed by atoms with Crippen molar-refractivity contribution < 1.29 is 4.39 Å². The number of nitrogens with zero attached hydrogens (tertiary/aromatic N) is 3. The summed E-state index contributed by atoms with van der Waals surface area (Å²) in [7, 11) is 0. The van der Waals surface area contributed by atoms with E-state index in [0.29, 0.717) is 23.7 Å². The van der Waals surface area contributed by atoms with Crippen molar-refractivity contribution in [3.8, 4) is 11.3 Å². The first-order valence-corrected chi connectivity index (χ1v) is 9.58. The standard InChI is InChI=1S/C21H22FN3S/c1-4-23-21-25(20(14-26-21)18-7-5-6-8-19(18)22)24-13-16-9-11-17(12-10-16)15(2)3/h5-15H,4H2,1-3H3. The molecule has 0 aliphatic heterocycles. The second-order valence-electron chi connectivity index (χ2n) is 6.24. The van der Waals surface area contributed by atoms with Gasteiger partial charge in [0.25, 0.3) is 0 Å². The molecule has 0 unspecified atom stereocenters. The third-order valence-electron chi connectivity index (χ3n) is 4.05. The molecule has 1 aromatic heterocycles. The molecular weight excluding hydrogens is 345 g/mol. The molecule has 26 heavy (non-hydrogen) atoms. The minimum Gasteiger partial charge on any atom is -0.258 e. The van der Waals surface area contributed by atoms with E-state index >= 15 is 0 Å². The van der Waals surface area contributed by atoms with Crippen LogP contribution in [0.25, 0.3) is 11.3 Å². The third kappa shape index (κ3) is 3.99. The monoisotopic (exact) mass is 367 g/mol. The molecule has 134 valence electrons. The number of hydrogen-bond acceptors (Lipinski definition) is 3. The van der Waals surface area contributed by atoms with Crippen LogP contribution in [0.5, 0.6) is 0 Å². The molecule has 5 heteroatoms. The number of benzene rings is 2. The molecule has 0 fully saturated rings. The van der Waals surface area contributed by atoms with Gasteiger partial charge in [-0.15, -0.1) is 11.3 Å². The van der Waals surface area contributed by atoms with Gasteiger partial charge in [-0.3, -0.25) is 4.99 Å². The van der Waals surface area contributed by atoms with Crippen molar-refractivity contribution in [3.63, 3.8) is 0 Å². The van der Waals surface area contributed by atoms with Gasteiger partial charge in [-0.05, 0) is 36.1 Å². The number of rotatable bonds is 5. The average Bonchev–Trinajstić information content (AvgIpc) is 3.03. The van der Waals surface area contributed by atoms with Gasteiger partial charge in [0, 0.05) is 17.5 Å². The summed E-state index contributed by atoms with van der Waals surface area (Å²) >= 11 is 1.46. The van der Waals surface area contributed by atoms with E-state index in [1.54, 1.807) is 23.0 Å². The maximum atomic E-state index is 14.2. The van der Waals surface area contributed by atoms with Crippen molar-refractivity contribution in [1.82, 2.24) is 4.68 Å². The smallest absolute Gasteiger partial charge is 0.206 e. The number of aromatic nitrogens is 1. The van der Waals surface area contributed by atoms with Crippen LogP contribution in [-0.4, -0.2) is 17.4 Å². The van der Waals surface area contributed by atoms with Crippen LogP contribution in [0.3, 0.4) is 0 Å². The number of halogens is 1. The summed E-state index contributed by atoms with van der Waals surface area (Å²) in [5.74, 6) is 0.230. The van der Waals surface area contributed by atoms with Gasteiger partial charge in [0.15, 0.2) is 0 Å². The van der Waals surface area contributed by atoms with E-state index in [1.807, 2.05) is 30.5 Å². The molecule has 0 bridgehead atoms.